The molecule has 0 unspecified atom stereocenters. The first-order valence-corrected chi connectivity index (χ1v) is 7.56. The molecule has 0 bridgehead atoms. The molecule has 0 radical (unpaired) electrons. The second kappa shape index (κ2) is 5.56. The van der Waals surface area contributed by atoms with Crippen molar-refractivity contribution < 1.29 is 13.5 Å². The van der Waals surface area contributed by atoms with E-state index in [-0.39, 0.29) is 16.2 Å². The molecule has 2 rings (SSSR count). The minimum Gasteiger partial charge on any atom is -0.507 e. The van der Waals surface area contributed by atoms with Crippen molar-refractivity contribution >= 4 is 10.0 Å². The van der Waals surface area contributed by atoms with Crippen molar-refractivity contribution in [3.8, 4) is 22.9 Å². The molecule has 0 aliphatic rings. The fourth-order valence-corrected chi connectivity index (χ4v) is 2.80. The van der Waals surface area contributed by atoms with Crippen LogP contribution in [0.15, 0.2) is 47.4 Å². The summed E-state index contributed by atoms with van der Waals surface area (Å²) >= 11 is 0. The van der Waals surface area contributed by atoms with Crippen LogP contribution in [0.2, 0.25) is 0 Å². The highest BCUT2D eigenvalue weighted by Crippen LogP contribution is 2.28. The van der Waals surface area contributed by atoms with Gasteiger partial charge in [-0.1, -0.05) is 18.2 Å². The van der Waals surface area contributed by atoms with Crippen LogP contribution in [0.3, 0.4) is 0 Å². The van der Waals surface area contributed by atoms with Crippen molar-refractivity contribution in [3.05, 3.63) is 48.0 Å². The van der Waals surface area contributed by atoms with E-state index in [4.69, 9.17) is 5.26 Å². The summed E-state index contributed by atoms with van der Waals surface area (Å²) in [5, 5.41) is 18.5. The normalized spacial score (nSPS) is 11.3. The second-order valence-electron chi connectivity index (χ2n) is 4.66. The summed E-state index contributed by atoms with van der Waals surface area (Å²) in [4.78, 5) is 0.175. The lowest BCUT2D eigenvalue weighted by atomic mass is 10.0. The highest BCUT2D eigenvalue weighted by Gasteiger charge is 2.17. The molecule has 0 aliphatic carbocycles. The first-order chi connectivity index (χ1) is 9.86. The van der Waals surface area contributed by atoms with Crippen molar-refractivity contribution in [2.75, 3.05) is 14.1 Å². The van der Waals surface area contributed by atoms with E-state index in [2.05, 4.69) is 0 Å². The maximum Gasteiger partial charge on any atom is 0.242 e. The number of sulfonamides is 1. The van der Waals surface area contributed by atoms with Crippen molar-refractivity contribution in [3.63, 3.8) is 0 Å². The van der Waals surface area contributed by atoms with Gasteiger partial charge in [-0.05, 0) is 35.4 Å². The van der Waals surface area contributed by atoms with Gasteiger partial charge in [-0.15, -0.1) is 0 Å². The molecule has 2 aromatic carbocycles. The summed E-state index contributed by atoms with van der Waals surface area (Å²) in [6, 6.07) is 12.9. The van der Waals surface area contributed by atoms with E-state index in [1.807, 2.05) is 6.07 Å². The standard InChI is InChI=1S/C15H14N2O3S/c1-17(2)21(19,20)14-5-3-4-11(8-14)12-6-7-13(10-16)15(18)9-12/h3-9,18H,1-2H3. The van der Waals surface area contributed by atoms with Crippen molar-refractivity contribution in [2.45, 2.75) is 4.90 Å². The Morgan fingerprint density at radius 2 is 1.76 bits per heavy atom. The minimum atomic E-state index is -3.51. The topological polar surface area (TPSA) is 81.4 Å². The molecule has 108 valence electrons. The fourth-order valence-electron chi connectivity index (χ4n) is 1.85. The lowest BCUT2D eigenvalue weighted by Gasteiger charge is -2.12. The zero-order chi connectivity index (χ0) is 15.6. The Morgan fingerprint density at radius 1 is 1.10 bits per heavy atom. The molecule has 2 aromatic rings. The highest BCUT2D eigenvalue weighted by atomic mass is 32.2. The Labute approximate surface area is 123 Å². The van der Waals surface area contributed by atoms with Crippen molar-refractivity contribution in [1.82, 2.24) is 4.31 Å². The van der Waals surface area contributed by atoms with Crippen LogP contribution in [0.4, 0.5) is 0 Å². The molecule has 6 heteroatoms. The molecule has 5 nitrogen and oxygen atoms in total. The zero-order valence-electron chi connectivity index (χ0n) is 11.6. The van der Waals surface area contributed by atoms with E-state index in [9.17, 15) is 13.5 Å². The maximum atomic E-state index is 12.1. The van der Waals surface area contributed by atoms with E-state index in [0.717, 1.165) is 4.31 Å². The van der Waals surface area contributed by atoms with Gasteiger partial charge in [0.15, 0.2) is 0 Å². The van der Waals surface area contributed by atoms with Crippen LogP contribution >= 0.6 is 0 Å². The van der Waals surface area contributed by atoms with E-state index in [1.54, 1.807) is 18.2 Å². The molecule has 1 N–H and O–H groups in total. The van der Waals surface area contributed by atoms with Gasteiger partial charge >= 0.3 is 0 Å². The number of rotatable bonds is 3. The van der Waals surface area contributed by atoms with Gasteiger partial charge in [0.25, 0.3) is 0 Å². The van der Waals surface area contributed by atoms with Crippen LogP contribution < -0.4 is 0 Å². The molecular formula is C15H14N2O3S. The molecule has 0 aromatic heterocycles. The second-order valence-corrected chi connectivity index (χ2v) is 6.81. The molecule has 0 heterocycles. The number of benzene rings is 2. The minimum absolute atomic E-state index is 0.129. The fraction of sp³-hybridized carbons (Fsp3) is 0.133. The van der Waals surface area contributed by atoms with E-state index < -0.39 is 10.0 Å². The number of phenols is 1. The zero-order valence-corrected chi connectivity index (χ0v) is 12.4. The largest absolute Gasteiger partial charge is 0.507 e. The van der Waals surface area contributed by atoms with Crippen molar-refractivity contribution in [1.29, 1.82) is 5.26 Å². The first kappa shape index (κ1) is 15.0. The van der Waals surface area contributed by atoms with E-state index in [0.29, 0.717) is 11.1 Å². The predicted molar refractivity (Wildman–Crippen MR) is 79.1 cm³/mol. The Hall–Kier alpha value is -2.36. The van der Waals surface area contributed by atoms with Gasteiger partial charge in [-0.3, -0.25) is 0 Å². The SMILES string of the molecule is CN(C)S(=O)(=O)c1cccc(-c2ccc(C#N)c(O)c2)c1. The molecule has 0 fully saturated rings. The summed E-state index contributed by atoms with van der Waals surface area (Å²) < 4.78 is 25.4. The van der Waals surface area contributed by atoms with Crippen LogP contribution in [-0.4, -0.2) is 31.9 Å². The van der Waals surface area contributed by atoms with Crippen LogP contribution in [0.1, 0.15) is 5.56 Å². The third-order valence-electron chi connectivity index (χ3n) is 3.06. The number of nitrogens with zero attached hydrogens (tertiary/aromatic N) is 2. The summed E-state index contributed by atoms with van der Waals surface area (Å²) in [5.41, 5.74) is 1.47. The molecule has 0 saturated heterocycles. The van der Waals surface area contributed by atoms with Gasteiger partial charge < -0.3 is 5.11 Å². The summed E-state index contributed by atoms with van der Waals surface area (Å²) in [5.74, 6) is -0.129. The summed E-state index contributed by atoms with van der Waals surface area (Å²) in [6.07, 6.45) is 0. The van der Waals surface area contributed by atoms with Gasteiger partial charge in [0, 0.05) is 14.1 Å². The number of phenolic OH excluding ortho intramolecular Hbond substituents is 1. The lowest BCUT2D eigenvalue weighted by Crippen LogP contribution is -2.22. The summed E-state index contributed by atoms with van der Waals surface area (Å²) in [6.45, 7) is 0. The monoisotopic (exact) mass is 302 g/mol. The van der Waals surface area contributed by atoms with Gasteiger partial charge in [-0.25, -0.2) is 12.7 Å². The molecule has 0 amide bonds. The maximum absolute atomic E-state index is 12.1. The molecule has 0 aliphatic heterocycles. The third kappa shape index (κ3) is 2.89. The first-order valence-electron chi connectivity index (χ1n) is 6.12. The van der Waals surface area contributed by atoms with Crippen LogP contribution in [0.25, 0.3) is 11.1 Å². The molecule has 0 saturated carbocycles. The van der Waals surface area contributed by atoms with Crippen LogP contribution in [0, 0.1) is 11.3 Å². The van der Waals surface area contributed by atoms with E-state index >= 15 is 0 Å². The average Bonchev–Trinajstić information content (AvgIpc) is 2.47. The quantitative estimate of drug-likeness (QED) is 0.942. The predicted octanol–water partition coefficient (Wildman–Crippen LogP) is 2.18. The molecular weight excluding hydrogens is 288 g/mol. The van der Waals surface area contributed by atoms with Gasteiger partial charge in [0.1, 0.15) is 11.8 Å². The molecule has 0 spiro atoms. The van der Waals surface area contributed by atoms with Gasteiger partial charge in [0.2, 0.25) is 10.0 Å². The Kier molecular flexibility index (Phi) is 3.98. The summed E-state index contributed by atoms with van der Waals surface area (Å²) in [7, 11) is -0.576. The smallest absolute Gasteiger partial charge is 0.242 e. The van der Waals surface area contributed by atoms with E-state index in [1.165, 1.54) is 38.4 Å². The van der Waals surface area contributed by atoms with Crippen molar-refractivity contribution in [2.24, 2.45) is 0 Å². The van der Waals surface area contributed by atoms with Crippen LogP contribution in [0.5, 0.6) is 5.75 Å². The Morgan fingerprint density at radius 3 is 2.33 bits per heavy atom. The average molecular weight is 302 g/mol. The number of nitriles is 1. The molecule has 21 heavy (non-hydrogen) atoms. The number of aromatic hydroxyl groups is 1. The highest BCUT2D eigenvalue weighted by molar-refractivity contribution is 7.89. The van der Waals surface area contributed by atoms with Gasteiger partial charge in [0.05, 0.1) is 10.5 Å². The van der Waals surface area contributed by atoms with Gasteiger partial charge in [-0.2, -0.15) is 5.26 Å². The van der Waals surface area contributed by atoms with Crippen LogP contribution in [-0.2, 0) is 10.0 Å². The third-order valence-corrected chi connectivity index (χ3v) is 4.88. The molecule has 0 atom stereocenters. The number of hydrogen-bond acceptors (Lipinski definition) is 4. The Balaban J connectivity index is 2.53. The Bertz CT molecular complexity index is 821. The number of hydrogen-bond donors (Lipinski definition) is 1. The lowest BCUT2D eigenvalue weighted by molar-refractivity contribution is 0.474.